The van der Waals surface area contributed by atoms with Crippen LogP contribution >= 0.6 is 23.3 Å². The van der Waals surface area contributed by atoms with Gasteiger partial charge in [-0.05, 0) is 31.7 Å². The van der Waals surface area contributed by atoms with E-state index in [9.17, 15) is 0 Å². The van der Waals surface area contributed by atoms with Crippen LogP contribution in [0.15, 0.2) is 30.1 Å². The molecular formula is C9H9P3. The highest BCUT2D eigenvalue weighted by molar-refractivity contribution is 8.17. The summed E-state index contributed by atoms with van der Waals surface area (Å²) in [7, 11) is 4.08. The van der Waals surface area contributed by atoms with Gasteiger partial charge in [-0.3, -0.25) is 0 Å². The minimum atomic E-state index is 1.06. The highest BCUT2D eigenvalue weighted by atomic mass is 32.1. The molecule has 1 aromatic carbocycles. The summed E-state index contributed by atoms with van der Waals surface area (Å²) in [5.41, 5.74) is 2.84. The van der Waals surface area contributed by atoms with Crippen LogP contribution in [0.2, 0.25) is 0 Å². The predicted molar refractivity (Wildman–Crippen MR) is 61.1 cm³/mol. The molecule has 0 saturated carbocycles. The third kappa shape index (κ3) is 1.62. The van der Waals surface area contributed by atoms with Gasteiger partial charge in [-0.2, -0.15) is 0 Å². The maximum absolute atomic E-state index is 2.35. The summed E-state index contributed by atoms with van der Waals surface area (Å²) >= 11 is 0. The maximum atomic E-state index is 2.35. The molecule has 1 aromatic heterocycles. The van der Waals surface area contributed by atoms with Gasteiger partial charge in [-0.1, -0.05) is 39.7 Å². The van der Waals surface area contributed by atoms with E-state index in [1.165, 1.54) is 32.2 Å². The van der Waals surface area contributed by atoms with Gasteiger partial charge in [0.2, 0.25) is 0 Å². The number of hydrogen-bond acceptors (Lipinski definition) is 0. The Bertz CT molecular complexity index is 365. The lowest BCUT2D eigenvalue weighted by Crippen LogP contribution is -1.76. The second-order valence-electron chi connectivity index (χ2n) is 2.67. The molecule has 0 saturated heterocycles. The molecule has 60 valence electrons. The van der Waals surface area contributed by atoms with Gasteiger partial charge in [0.1, 0.15) is 0 Å². The monoisotopic (exact) mass is 210 g/mol. The van der Waals surface area contributed by atoms with Crippen LogP contribution in [0, 0.1) is 6.92 Å². The quantitative estimate of drug-likeness (QED) is 0.630. The van der Waals surface area contributed by atoms with E-state index < -0.39 is 0 Å². The fourth-order valence-electron chi connectivity index (χ4n) is 1.19. The molecule has 12 heavy (non-hydrogen) atoms. The molecule has 3 heteroatoms. The van der Waals surface area contributed by atoms with Crippen LogP contribution in [0.3, 0.4) is 0 Å². The molecular weight excluding hydrogens is 201 g/mol. The van der Waals surface area contributed by atoms with Gasteiger partial charge in [-0.25, -0.2) is 0 Å². The normalized spacial score (nSPS) is 12.1. The van der Waals surface area contributed by atoms with Crippen LogP contribution in [0.5, 0.6) is 0 Å². The molecule has 0 amide bonds. The number of hydrogen-bond donors (Lipinski definition) is 0. The maximum Gasteiger partial charge on any atom is 0.0181 e. The molecule has 2 aromatic rings. The minimum Gasteiger partial charge on any atom is -0.0812 e. The van der Waals surface area contributed by atoms with Crippen molar-refractivity contribution in [2.24, 2.45) is 0 Å². The van der Waals surface area contributed by atoms with Crippen LogP contribution < -0.4 is 0 Å². The number of benzene rings is 1. The zero-order chi connectivity index (χ0) is 8.39. The third-order valence-electron chi connectivity index (χ3n) is 1.84. The SMILES string of the molecule is Cc1ccccc1-c1cp[pH]p1. The molecule has 0 fully saturated rings. The first-order valence-electron chi connectivity index (χ1n) is 3.80. The zero-order valence-corrected chi connectivity index (χ0v) is 9.57. The highest BCUT2D eigenvalue weighted by Crippen LogP contribution is 2.43. The Kier molecular flexibility index (Phi) is 2.62. The van der Waals surface area contributed by atoms with Gasteiger partial charge in [0.05, 0.1) is 0 Å². The van der Waals surface area contributed by atoms with E-state index in [-0.39, 0.29) is 0 Å². The molecule has 0 radical (unpaired) electrons. The Morgan fingerprint density at radius 1 is 1.25 bits per heavy atom. The molecule has 0 bridgehead atoms. The van der Waals surface area contributed by atoms with Crippen molar-refractivity contribution in [3.05, 3.63) is 35.6 Å². The summed E-state index contributed by atoms with van der Waals surface area (Å²) in [5, 5.41) is 1.52. The van der Waals surface area contributed by atoms with E-state index in [0.29, 0.717) is 0 Å². The minimum absolute atomic E-state index is 1.06. The van der Waals surface area contributed by atoms with Gasteiger partial charge in [-0.15, -0.1) is 0 Å². The first-order chi connectivity index (χ1) is 5.88. The fourth-order valence-corrected chi connectivity index (χ4v) is 6.72. The molecule has 0 aliphatic heterocycles. The van der Waals surface area contributed by atoms with Crippen molar-refractivity contribution in [1.82, 2.24) is 0 Å². The Balaban J connectivity index is 2.55. The summed E-state index contributed by atoms with van der Waals surface area (Å²) in [6.45, 7) is 2.18. The van der Waals surface area contributed by atoms with E-state index >= 15 is 0 Å². The fraction of sp³-hybridized carbons (Fsp3) is 0.111. The second kappa shape index (κ2) is 3.71. The molecule has 0 spiro atoms. The van der Waals surface area contributed by atoms with Crippen LogP contribution in [-0.2, 0) is 0 Å². The molecule has 0 aliphatic carbocycles. The lowest BCUT2D eigenvalue weighted by molar-refractivity contribution is 1.48. The van der Waals surface area contributed by atoms with Gasteiger partial charge >= 0.3 is 0 Å². The summed E-state index contributed by atoms with van der Waals surface area (Å²) in [6.07, 6.45) is 0. The summed E-state index contributed by atoms with van der Waals surface area (Å²) < 4.78 is 0. The Labute approximate surface area is 77.1 Å². The highest BCUT2D eigenvalue weighted by Gasteiger charge is 1.99. The summed E-state index contributed by atoms with van der Waals surface area (Å²) in [6, 6.07) is 8.63. The van der Waals surface area contributed by atoms with Crippen LogP contribution in [-0.4, -0.2) is 0 Å². The lowest BCUT2D eigenvalue weighted by atomic mass is 10.1. The Morgan fingerprint density at radius 2 is 2.08 bits per heavy atom. The van der Waals surface area contributed by atoms with Gasteiger partial charge in [0.25, 0.3) is 0 Å². The van der Waals surface area contributed by atoms with Crippen molar-refractivity contribution in [3.8, 4) is 10.9 Å². The van der Waals surface area contributed by atoms with Crippen molar-refractivity contribution in [2.45, 2.75) is 6.92 Å². The summed E-state index contributed by atoms with van der Waals surface area (Å²) in [4.78, 5) is 0. The predicted octanol–water partition coefficient (Wildman–Crippen LogP) is 4.85. The van der Waals surface area contributed by atoms with E-state index in [1.54, 1.807) is 0 Å². The van der Waals surface area contributed by atoms with Crippen molar-refractivity contribution in [3.63, 3.8) is 0 Å². The van der Waals surface area contributed by atoms with E-state index in [2.05, 4.69) is 37.0 Å². The van der Waals surface area contributed by atoms with Gasteiger partial charge in [0.15, 0.2) is 0 Å². The van der Waals surface area contributed by atoms with Gasteiger partial charge < -0.3 is 0 Å². The Morgan fingerprint density at radius 3 is 2.75 bits per heavy atom. The number of aryl methyl sites for hydroxylation is 1. The topological polar surface area (TPSA) is 0 Å². The van der Waals surface area contributed by atoms with E-state index in [1.807, 2.05) is 0 Å². The lowest BCUT2D eigenvalue weighted by Gasteiger charge is -2.00. The van der Waals surface area contributed by atoms with Gasteiger partial charge in [0, 0.05) is 5.30 Å². The Hall–Kier alpha value is -0.140. The zero-order valence-electron chi connectivity index (χ0n) is 6.78. The molecule has 1 heterocycles. The average molecular weight is 210 g/mol. The van der Waals surface area contributed by atoms with Crippen molar-refractivity contribution in [2.75, 3.05) is 0 Å². The van der Waals surface area contributed by atoms with Crippen molar-refractivity contribution >= 4 is 23.3 Å². The molecule has 2 rings (SSSR count). The van der Waals surface area contributed by atoms with Crippen LogP contribution in [0.1, 0.15) is 5.56 Å². The van der Waals surface area contributed by atoms with Crippen molar-refractivity contribution in [1.29, 1.82) is 0 Å². The van der Waals surface area contributed by atoms with E-state index in [0.717, 1.165) is 7.55 Å². The largest absolute Gasteiger partial charge is 0.0812 e. The summed E-state index contributed by atoms with van der Waals surface area (Å²) in [5.74, 6) is 2.35. The van der Waals surface area contributed by atoms with E-state index in [4.69, 9.17) is 0 Å². The average Bonchev–Trinajstić information content (AvgIpc) is 2.57. The molecule has 0 aliphatic rings. The molecule has 0 nitrogen and oxygen atoms in total. The van der Waals surface area contributed by atoms with Crippen LogP contribution in [0.25, 0.3) is 10.9 Å². The van der Waals surface area contributed by atoms with Crippen molar-refractivity contribution < 1.29 is 0 Å². The number of rotatable bonds is 1. The first kappa shape index (κ1) is 8.46. The first-order valence-corrected chi connectivity index (χ1v) is 8.34. The molecule has 0 N–H and O–H groups in total. The molecule has 1 unspecified atom stereocenters. The standard InChI is InChI=1S/C9H9P3/c1-7-4-2-3-5-8(7)9-6-10-12-11-9/h2-6,12H,1H3. The second-order valence-corrected chi connectivity index (χ2v) is 7.94. The van der Waals surface area contributed by atoms with Crippen LogP contribution in [0.4, 0.5) is 0 Å². The smallest absolute Gasteiger partial charge is 0.0181 e. The molecule has 1 atom stereocenters. The third-order valence-corrected chi connectivity index (χ3v) is 6.95.